The molecule has 0 amide bonds. The average molecular weight is 801 g/mol. The van der Waals surface area contributed by atoms with Crippen LogP contribution in [-0.4, -0.2) is 169 Å². The highest BCUT2D eigenvalue weighted by atomic mass is 16.8. The number of fused-ring (bicyclic) bond motifs is 3. The number of hydrogen-bond acceptors (Lipinski definition) is 17. The van der Waals surface area contributed by atoms with E-state index in [1.807, 2.05) is 12.1 Å². The van der Waals surface area contributed by atoms with E-state index in [0.29, 0.717) is 11.5 Å². The molecule has 5 aliphatic rings. The Morgan fingerprint density at radius 2 is 1.25 bits per heavy atom. The molecule has 4 heterocycles. The van der Waals surface area contributed by atoms with Gasteiger partial charge < -0.3 is 84.2 Å². The van der Waals surface area contributed by atoms with Crippen LogP contribution in [0.5, 0.6) is 11.5 Å². The predicted molar refractivity (Wildman–Crippen MR) is 193 cm³/mol. The van der Waals surface area contributed by atoms with Gasteiger partial charge in [0.05, 0.1) is 19.8 Å². The van der Waals surface area contributed by atoms with Crippen molar-refractivity contribution in [2.45, 2.75) is 170 Å². The lowest BCUT2D eigenvalue weighted by atomic mass is 9.68. The Morgan fingerprint density at radius 1 is 0.696 bits per heavy atom. The summed E-state index contributed by atoms with van der Waals surface area (Å²) in [5, 5.41) is 106. The molecule has 17 nitrogen and oxygen atoms in total. The van der Waals surface area contributed by atoms with Gasteiger partial charge in [0.2, 0.25) is 6.29 Å². The Kier molecular flexibility index (Phi) is 14.0. The minimum Gasteiger partial charge on any atom is -0.487 e. The van der Waals surface area contributed by atoms with Gasteiger partial charge in [-0.2, -0.15) is 0 Å². The van der Waals surface area contributed by atoms with Crippen molar-refractivity contribution >= 4 is 0 Å². The Hall–Kier alpha value is -2.04. The molecule has 0 aromatic heterocycles. The summed E-state index contributed by atoms with van der Waals surface area (Å²) in [6, 6.07) is 3.94. The van der Waals surface area contributed by atoms with Crippen molar-refractivity contribution in [3.63, 3.8) is 0 Å². The highest BCUT2D eigenvalue weighted by Crippen LogP contribution is 2.54. The van der Waals surface area contributed by atoms with Gasteiger partial charge in [-0.3, -0.25) is 0 Å². The van der Waals surface area contributed by atoms with E-state index in [-0.39, 0.29) is 11.8 Å². The van der Waals surface area contributed by atoms with Crippen molar-refractivity contribution in [2.75, 3.05) is 19.8 Å². The number of rotatable bonds is 13. The third-order valence-electron chi connectivity index (χ3n) is 11.9. The third kappa shape index (κ3) is 8.64. The fourth-order valence-corrected chi connectivity index (χ4v) is 8.63. The van der Waals surface area contributed by atoms with Crippen LogP contribution >= 0.6 is 0 Å². The molecule has 0 radical (unpaired) electrons. The van der Waals surface area contributed by atoms with Crippen molar-refractivity contribution in [3.8, 4) is 11.5 Å². The van der Waals surface area contributed by atoms with E-state index in [2.05, 4.69) is 33.8 Å². The number of ether oxygens (including phenoxy) is 7. The molecule has 17 heteroatoms. The van der Waals surface area contributed by atoms with E-state index >= 15 is 0 Å². The second-order valence-electron chi connectivity index (χ2n) is 16.3. The molecule has 1 aromatic rings. The monoisotopic (exact) mass is 800 g/mol. The zero-order valence-corrected chi connectivity index (χ0v) is 32.2. The molecule has 10 N–H and O–H groups in total. The summed E-state index contributed by atoms with van der Waals surface area (Å²) in [5.41, 5.74) is 2.48. The number of allylic oxidation sites excluding steroid dienone is 2. The summed E-state index contributed by atoms with van der Waals surface area (Å²) in [6.45, 7) is 6.06. The molecule has 1 unspecified atom stereocenters. The molecule has 318 valence electrons. The summed E-state index contributed by atoms with van der Waals surface area (Å²) in [7, 11) is 0. The first-order chi connectivity index (χ1) is 26.6. The molecule has 0 saturated carbocycles. The summed E-state index contributed by atoms with van der Waals surface area (Å²) in [6.07, 6.45) is -17.6. The number of aliphatic hydroxyl groups is 10. The van der Waals surface area contributed by atoms with Gasteiger partial charge in [-0.15, -0.1) is 0 Å². The first-order valence-corrected chi connectivity index (χ1v) is 19.7. The van der Waals surface area contributed by atoms with Gasteiger partial charge in [0, 0.05) is 17.4 Å². The maximum Gasteiger partial charge on any atom is 0.229 e. The summed E-state index contributed by atoms with van der Waals surface area (Å²) in [5.74, 6) is 1.08. The second-order valence-corrected chi connectivity index (χ2v) is 16.3. The lowest BCUT2D eigenvalue weighted by molar-refractivity contribution is -0.378. The summed E-state index contributed by atoms with van der Waals surface area (Å²) >= 11 is 0. The number of aryl methyl sites for hydroxylation is 1. The second kappa shape index (κ2) is 18.1. The van der Waals surface area contributed by atoms with E-state index < -0.39 is 118 Å². The summed E-state index contributed by atoms with van der Waals surface area (Å²) < 4.78 is 41.9. The van der Waals surface area contributed by atoms with Crippen LogP contribution in [0.4, 0.5) is 0 Å². The molecule has 3 saturated heterocycles. The highest BCUT2D eigenvalue weighted by Gasteiger charge is 2.54. The average Bonchev–Trinajstić information content (AvgIpc) is 3.16. The minimum absolute atomic E-state index is 0.0811. The lowest BCUT2D eigenvalue weighted by Crippen LogP contribution is -2.67. The number of aliphatic hydroxyl groups excluding tert-OH is 10. The van der Waals surface area contributed by atoms with Gasteiger partial charge in [-0.1, -0.05) is 31.4 Å². The molecular formula is C39H60O17. The summed E-state index contributed by atoms with van der Waals surface area (Å²) in [4.78, 5) is 0. The van der Waals surface area contributed by atoms with Crippen molar-refractivity contribution in [1.29, 1.82) is 0 Å². The predicted octanol–water partition coefficient (Wildman–Crippen LogP) is -1.14. The van der Waals surface area contributed by atoms with Gasteiger partial charge in [-0.05, 0) is 64.2 Å². The SMILES string of the molecule is CCCCCc1cc(O[C@@H]2O[C@H](CO)[C@@H](O)[C@H](O[C@@H]3O[C@H](CO)[C@@H](O)[C@H](OC4O[C@H](CO)[C@@H](O)[C@H](O)[C@H]4O)[C@H]3O)[C@H]2O)c2c(c1)OC(C)(C)[C@@H]1CCC(C)=C[C@@H]21. The topological polar surface area (TPSA) is 267 Å². The van der Waals surface area contributed by atoms with Crippen molar-refractivity contribution < 1.29 is 84.2 Å². The van der Waals surface area contributed by atoms with E-state index in [1.165, 1.54) is 5.57 Å². The maximum atomic E-state index is 11.8. The van der Waals surface area contributed by atoms with Crippen LogP contribution in [-0.2, 0) is 30.1 Å². The van der Waals surface area contributed by atoms with Crippen molar-refractivity contribution in [3.05, 3.63) is 34.9 Å². The van der Waals surface area contributed by atoms with Gasteiger partial charge in [0.25, 0.3) is 0 Å². The fraction of sp³-hybridized carbons (Fsp3) is 0.795. The van der Waals surface area contributed by atoms with Crippen LogP contribution < -0.4 is 9.47 Å². The van der Waals surface area contributed by atoms with E-state index in [4.69, 9.17) is 33.2 Å². The Morgan fingerprint density at radius 3 is 1.84 bits per heavy atom. The van der Waals surface area contributed by atoms with Crippen LogP contribution in [0.1, 0.15) is 76.8 Å². The van der Waals surface area contributed by atoms with Crippen LogP contribution in [0, 0.1) is 5.92 Å². The lowest BCUT2D eigenvalue weighted by Gasteiger charge is -2.48. The van der Waals surface area contributed by atoms with Crippen molar-refractivity contribution in [2.24, 2.45) is 5.92 Å². The van der Waals surface area contributed by atoms with Gasteiger partial charge in [0.1, 0.15) is 90.3 Å². The zero-order valence-electron chi connectivity index (χ0n) is 32.2. The molecule has 1 aliphatic carbocycles. The third-order valence-corrected chi connectivity index (χ3v) is 11.9. The Balaban J connectivity index is 1.28. The van der Waals surface area contributed by atoms with Crippen LogP contribution in [0.3, 0.4) is 0 Å². The molecule has 3 fully saturated rings. The van der Waals surface area contributed by atoms with E-state index in [1.54, 1.807) is 0 Å². The standard InChI is InChI=1S/C39H60O17/c1-5-6-7-8-18-12-21(26-19-11-17(2)9-10-20(19)39(3,4)56-22(26)13-18)50-37-32(48)34(28(44)24(15-41)52-37)55-38-33(49)35(29(45)25(16-42)53-38)54-36-31(47)30(46)27(43)23(14-40)51-36/h11-13,19-20,23-25,27-38,40-49H,5-10,14-16H2,1-4H3/t19-,20-,23-,24-,25-,27-,28-,29-,30+,31-,32-,33-,34+,35+,36?,37-,38+/m1/s1. The molecule has 6 rings (SSSR count). The van der Waals surface area contributed by atoms with Gasteiger partial charge in [-0.25, -0.2) is 0 Å². The fourth-order valence-electron chi connectivity index (χ4n) is 8.63. The van der Waals surface area contributed by atoms with Crippen LogP contribution in [0.2, 0.25) is 0 Å². The van der Waals surface area contributed by atoms with Crippen LogP contribution in [0.15, 0.2) is 23.8 Å². The minimum atomic E-state index is -1.94. The Labute approximate surface area is 325 Å². The smallest absolute Gasteiger partial charge is 0.229 e. The molecule has 0 spiro atoms. The quantitative estimate of drug-likeness (QED) is 0.0835. The molecule has 56 heavy (non-hydrogen) atoms. The number of benzene rings is 1. The molecule has 1 aromatic carbocycles. The number of hydrogen-bond donors (Lipinski definition) is 10. The molecule has 0 bridgehead atoms. The molecule has 17 atom stereocenters. The maximum absolute atomic E-state index is 11.8. The van der Waals surface area contributed by atoms with Gasteiger partial charge >= 0.3 is 0 Å². The first-order valence-electron chi connectivity index (χ1n) is 19.7. The highest BCUT2D eigenvalue weighted by molar-refractivity contribution is 5.54. The van der Waals surface area contributed by atoms with Gasteiger partial charge in [0.15, 0.2) is 12.6 Å². The van der Waals surface area contributed by atoms with Crippen LogP contribution in [0.25, 0.3) is 0 Å². The molecular weight excluding hydrogens is 740 g/mol. The molecule has 4 aliphatic heterocycles. The largest absolute Gasteiger partial charge is 0.487 e. The van der Waals surface area contributed by atoms with E-state index in [9.17, 15) is 51.1 Å². The normalized spacial score (nSPS) is 42.2. The first kappa shape index (κ1) is 43.5. The van der Waals surface area contributed by atoms with Crippen molar-refractivity contribution in [1.82, 2.24) is 0 Å². The number of unbranched alkanes of at least 4 members (excludes halogenated alkanes) is 2. The zero-order chi connectivity index (χ0) is 40.6. The van der Waals surface area contributed by atoms with E-state index in [0.717, 1.165) is 49.7 Å². The Bertz CT molecular complexity index is 1490.